The fourth-order valence-corrected chi connectivity index (χ4v) is 5.44. The first kappa shape index (κ1) is 26.9. The molecule has 3 heterocycles. The fourth-order valence-electron chi connectivity index (χ4n) is 4.55. The number of ether oxygens (including phenoxy) is 2. The maximum Gasteiger partial charge on any atom is 0.308 e. The number of rotatable bonds is 8. The molecule has 10 heteroatoms. The van der Waals surface area contributed by atoms with Gasteiger partial charge in [0, 0.05) is 24.2 Å². The highest BCUT2D eigenvalue weighted by Gasteiger charge is 2.18. The van der Waals surface area contributed by atoms with Crippen molar-refractivity contribution in [1.82, 2.24) is 24.4 Å². The van der Waals surface area contributed by atoms with Crippen LogP contribution in [0.15, 0.2) is 96.4 Å². The Morgan fingerprint density at radius 2 is 1.81 bits per heavy atom. The lowest BCUT2D eigenvalue weighted by Gasteiger charge is -2.08. The maximum absolute atomic E-state index is 13.5. The van der Waals surface area contributed by atoms with E-state index in [2.05, 4.69) is 16.7 Å². The monoisotopic (exact) mass is 575 g/mol. The quantitative estimate of drug-likeness (QED) is 0.143. The average molecular weight is 576 g/mol. The second kappa shape index (κ2) is 11.3. The Morgan fingerprint density at radius 3 is 2.55 bits per heavy atom. The van der Waals surface area contributed by atoms with Crippen molar-refractivity contribution in [2.75, 3.05) is 6.61 Å². The third-order valence-electron chi connectivity index (χ3n) is 6.43. The number of esters is 1. The van der Waals surface area contributed by atoms with Gasteiger partial charge in [-0.05, 0) is 61.0 Å². The number of aromatic nitrogens is 5. The maximum atomic E-state index is 13.5. The lowest BCUT2D eigenvalue weighted by molar-refractivity contribution is -0.131. The highest BCUT2D eigenvalue weighted by molar-refractivity contribution is 7.15. The van der Waals surface area contributed by atoms with Crippen molar-refractivity contribution in [3.8, 4) is 39.8 Å². The molecule has 0 aliphatic heterocycles. The number of benzene rings is 3. The van der Waals surface area contributed by atoms with Crippen molar-refractivity contribution in [3.63, 3.8) is 0 Å². The molecule has 0 aliphatic rings. The number of aryl methyl sites for hydroxylation is 1. The third-order valence-corrected chi connectivity index (χ3v) is 7.39. The van der Waals surface area contributed by atoms with Gasteiger partial charge in [-0.25, -0.2) is 4.68 Å². The van der Waals surface area contributed by atoms with Gasteiger partial charge in [0.1, 0.15) is 23.8 Å². The van der Waals surface area contributed by atoms with Gasteiger partial charge in [0.25, 0.3) is 5.56 Å². The summed E-state index contributed by atoms with van der Waals surface area (Å²) in [6, 6.07) is 22.6. The van der Waals surface area contributed by atoms with Crippen LogP contribution >= 0.6 is 11.3 Å². The van der Waals surface area contributed by atoms with Crippen LogP contribution in [0.3, 0.4) is 0 Å². The molecule has 0 N–H and O–H groups in total. The van der Waals surface area contributed by atoms with Gasteiger partial charge < -0.3 is 9.47 Å². The number of para-hydroxylation sites is 2. The second-order valence-electron chi connectivity index (χ2n) is 9.42. The molecule has 0 atom stereocenters. The Hall–Kier alpha value is -5.35. The largest absolute Gasteiger partial charge is 0.490 e. The van der Waals surface area contributed by atoms with Gasteiger partial charge in [0.15, 0.2) is 5.82 Å². The summed E-state index contributed by atoms with van der Waals surface area (Å²) in [4.78, 5) is 30.0. The smallest absolute Gasteiger partial charge is 0.308 e. The highest BCUT2D eigenvalue weighted by atomic mass is 32.1. The van der Waals surface area contributed by atoms with Crippen LogP contribution in [-0.2, 0) is 4.79 Å². The van der Waals surface area contributed by atoms with E-state index >= 15 is 0 Å². The van der Waals surface area contributed by atoms with E-state index in [0.29, 0.717) is 33.2 Å². The molecular weight excluding hydrogens is 550 g/mol. The Bertz CT molecular complexity index is 2060. The topological polar surface area (TPSA) is 101 Å². The predicted molar refractivity (Wildman–Crippen MR) is 162 cm³/mol. The molecule has 42 heavy (non-hydrogen) atoms. The van der Waals surface area contributed by atoms with Gasteiger partial charge in [-0.3, -0.25) is 9.59 Å². The van der Waals surface area contributed by atoms with E-state index in [1.54, 1.807) is 35.0 Å². The molecule has 0 spiro atoms. The average Bonchev–Trinajstić information content (AvgIpc) is 3.67. The normalized spacial score (nSPS) is 11.6. The molecule has 0 saturated heterocycles. The summed E-state index contributed by atoms with van der Waals surface area (Å²) < 4.78 is 14.5. The summed E-state index contributed by atoms with van der Waals surface area (Å²) in [5, 5.41) is 9.35. The first-order chi connectivity index (χ1) is 20.4. The molecule has 0 aliphatic carbocycles. The minimum atomic E-state index is -0.453. The van der Waals surface area contributed by atoms with Gasteiger partial charge in [-0.15, -0.1) is 5.10 Å². The summed E-state index contributed by atoms with van der Waals surface area (Å²) in [6.45, 7) is 7.45. The van der Waals surface area contributed by atoms with E-state index < -0.39 is 5.97 Å². The predicted octanol–water partition coefficient (Wildman–Crippen LogP) is 5.02. The van der Waals surface area contributed by atoms with Gasteiger partial charge in [0.05, 0.1) is 15.8 Å². The van der Waals surface area contributed by atoms with Crippen LogP contribution in [-0.4, -0.2) is 37.0 Å². The van der Waals surface area contributed by atoms with Gasteiger partial charge in [-0.2, -0.15) is 14.6 Å². The summed E-state index contributed by atoms with van der Waals surface area (Å²) in [5.74, 6) is 0.916. The van der Waals surface area contributed by atoms with Crippen molar-refractivity contribution in [1.29, 1.82) is 0 Å². The van der Waals surface area contributed by atoms with E-state index in [4.69, 9.17) is 14.6 Å². The van der Waals surface area contributed by atoms with Crippen LogP contribution in [0.2, 0.25) is 0 Å². The van der Waals surface area contributed by atoms with Crippen LogP contribution in [0.25, 0.3) is 39.4 Å². The van der Waals surface area contributed by atoms with E-state index in [0.717, 1.165) is 33.8 Å². The van der Waals surface area contributed by atoms with Crippen molar-refractivity contribution in [2.45, 2.75) is 13.8 Å². The fraction of sp³-hybridized carbons (Fsp3) is 0.0938. The number of thiazole rings is 1. The first-order valence-corrected chi connectivity index (χ1v) is 13.9. The number of carbonyl (C=O) groups excluding carboxylic acids is 1. The summed E-state index contributed by atoms with van der Waals surface area (Å²) in [7, 11) is 0. The van der Waals surface area contributed by atoms with E-state index in [-0.39, 0.29) is 5.56 Å². The Labute approximate surface area is 244 Å². The molecule has 6 aromatic rings. The molecule has 0 saturated carbocycles. The van der Waals surface area contributed by atoms with E-state index in [9.17, 15) is 9.59 Å². The SMILES string of the molecule is C=CCOc1ccc(-c2nn(-c3ccccc3)cc2C=c2sc3nc(-c4ccccc4OC(C)=O)nn3c2=O)c(C)c1. The minimum absolute atomic E-state index is 0.300. The Kier molecular flexibility index (Phi) is 7.20. The molecule has 0 bridgehead atoms. The van der Waals surface area contributed by atoms with Gasteiger partial charge >= 0.3 is 5.97 Å². The van der Waals surface area contributed by atoms with Crippen LogP contribution in [0.4, 0.5) is 0 Å². The Balaban J connectivity index is 1.45. The minimum Gasteiger partial charge on any atom is -0.490 e. The number of hydrogen-bond acceptors (Lipinski definition) is 8. The van der Waals surface area contributed by atoms with Crippen LogP contribution < -0.4 is 19.6 Å². The molecule has 0 fully saturated rings. The van der Waals surface area contributed by atoms with Crippen LogP contribution in [0, 0.1) is 6.92 Å². The summed E-state index contributed by atoms with van der Waals surface area (Å²) >= 11 is 1.23. The van der Waals surface area contributed by atoms with E-state index in [1.165, 1.54) is 22.8 Å². The molecule has 0 amide bonds. The van der Waals surface area contributed by atoms with Gasteiger partial charge in [-0.1, -0.05) is 54.3 Å². The zero-order chi connectivity index (χ0) is 29.2. The number of fused-ring (bicyclic) bond motifs is 1. The first-order valence-electron chi connectivity index (χ1n) is 13.1. The lowest BCUT2D eigenvalue weighted by atomic mass is 10.0. The molecule has 208 valence electrons. The molecule has 3 aromatic heterocycles. The molecular formula is C32H25N5O4S. The zero-order valence-electron chi connectivity index (χ0n) is 22.9. The molecule has 6 rings (SSSR count). The Morgan fingerprint density at radius 1 is 1.02 bits per heavy atom. The van der Waals surface area contributed by atoms with Crippen molar-refractivity contribution in [3.05, 3.63) is 118 Å². The van der Waals surface area contributed by atoms with E-state index in [1.807, 2.05) is 67.7 Å². The highest BCUT2D eigenvalue weighted by Crippen LogP contribution is 2.31. The lowest BCUT2D eigenvalue weighted by Crippen LogP contribution is -2.23. The molecule has 9 nitrogen and oxygen atoms in total. The number of carbonyl (C=O) groups is 1. The second-order valence-corrected chi connectivity index (χ2v) is 10.4. The van der Waals surface area contributed by atoms with Crippen molar-refractivity contribution < 1.29 is 14.3 Å². The number of hydrogen-bond donors (Lipinski definition) is 0. The van der Waals surface area contributed by atoms with Crippen molar-refractivity contribution in [2.24, 2.45) is 0 Å². The number of nitrogens with zero attached hydrogens (tertiary/aromatic N) is 5. The molecule has 0 radical (unpaired) electrons. The van der Waals surface area contributed by atoms with Crippen LogP contribution in [0.1, 0.15) is 18.1 Å². The van der Waals surface area contributed by atoms with Crippen LogP contribution in [0.5, 0.6) is 11.5 Å². The molecule has 0 unspecified atom stereocenters. The van der Waals surface area contributed by atoms with Crippen molar-refractivity contribution >= 4 is 28.3 Å². The summed E-state index contributed by atoms with van der Waals surface area (Å²) in [5.41, 5.74) is 4.49. The molecule has 3 aromatic carbocycles. The third kappa shape index (κ3) is 5.23. The zero-order valence-corrected chi connectivity index (χ0v) is 23.7. The summed E-state index contributed by atoms with van der Waals surface area (Å²) in [6.07, 6.45) is 5.42. The van der Waals surface area contributed by atoms with Gasteiger partial charge in [0.2, 0.25) is 4.96 Å². The standard InChI is InChI=1S/C32H25N5O4S/c1-4-16-40-24-14-15-25(20(2)17-24)29-22(19-36(34-29)23-10-6-5-7-11-23)18-28-31(39)37-32(42-28)33-30(35-37)26-12-8-9-13-27(26)41-21(3)38/h4-15,17-19H,1,16H2,2-3H3.